The van der Waals surface area contributed by atoms with Gasteiger partial charge in [-0.1, -0.05) is 0 Å². The van der Waals surface area contributed by atoms with E-state index in [1.54, 1.807) is 0 Å². The van der Waals surface area contributed by atoms with Crippen molar-refractivity contribution in [1.29, 1.82) is 0 Å². The maximum Gasteiger partial charge on any atom is 0.140 e. The highest BCUT2D eigenvalue weighted by Gasteiger charge is 2.48. The van der Waals surface area contributed by atoms with E-state index in [0.717, 1.165) is 0 Å². The van der Waals surface area contributed by atoms with Crippen molar-refractivity contribution in [2.45, 2.75) is 30.8 Å². The number of quaternary nitrogens is 1. The monoisotopic (exact) mass is 213 g/mol. The zero-order valence-electron chi connectivity index (χ0n) is 7.17. The van der Waals surface area contributed by atoms with Gasteiger partial charge < -0.3 is 38.6 Å². The van der Waals surface area contributed by atoms with Gasteiger partial charge in [-0.2, -0.15) is 0 Å². The lowest BCUT2D eigenvalue weighted by atomic mass is 10.00. The van der Waals surface area contributed by atoms with Gasteiger partial charge in [0.25, 0.3) is 0 Å². The van der Waals surface area contributed by atoms with Crippen molar-refractivity contribution in [3.8, 4) is 0 Å². The van der Waals surface area contributed by atoms with E-state index >= 15 is 0 Å². The van der Waals surface area contributed by atoms with Crippen LogP contribution in [0.5, 0.6) is 0 Å². The molecule has 6 heteroatoms. The molecule has 5 nitrogen and oxygen atoms in total. The molecule has 1 aliphatic rings. The summed E-state index contributed by atoms with van der Waals surface area (Å²) < 4.78 is 0. The van der Waals surface area contributed by atoms with E-state index < -0.39 is 30.3 Å². The molecule has 0 aromatic carbocycles. The Morgan fingerprint density at radius 2 is 1.54 bits per heavy atom. The summed E-state index contributed by atoms with van der Waals surface area (Å²) in [6.07, 6.45) is -2.46. The fourth-order valence-electron chi connectivity index (χ4n) is 1.72. The first-order chi connectivity index (χ1) is 5.59. The molecule has 80 valence electrons. The first-order valence-electron chi connectivity index (χ1n) is 4.07. The van der Waals surface area contributed by atoms with Crippen molar-refractivity contribution < 1.29 is 38.6 Å². The first kappa shape index (κ1) is 13.1. The second-order valence-corrected chi connectivity index (χ2v) is 3.31. The lowest BCUT2D eigenvalue weighted by molar-refractivity contribution is -0.448. The highest BCUT2D eigenvalue weighted by atomic mass is 35.5. The number of rotatable bonds is 2. The van der Waals surface area contributed by atoms with Gasteiger partial charge in [0.15, 0.2) is 0 Å². The van der Waals surface area contributed by atoms with E-state index in [9.17, 15) is 15.3 Å². The van der Waals surface area contributed by atoms with Crippen molar-refractivity contribution >= 4 is 0 Å². The second-order valence-electron chi connectivity index (χ2n) is 3.31. The Morgan fingerprint density at radius 3 is 1.85 bits per heavy atom. The molecule has 0 amide bonds. The molecular formula is C7H16ClNO4. The van der Waals surface area contributed by atoms with Gasteiger partial charge in [0.1, 0.15) is 18.2 Å². The van der Waals surface area contributed by atoms with E-state index in [1.165, 1.54) is 0 Å². The van der Waals surface area contributed by atoms with Gasteiger partial charge in [-0.25, -0.2) is 0 Å². The van der Waals surface area contributed by atoms with Crippen molar-refractivity contribution in [2.24, 2.45) is 5.92 Å². The van der Waals surface area contributed by atoms with Gasteiger partial charge in [0.05, 0.1) is 6.10 Å². The molecule has 7 N–H and O–H groups in total. The summed E-state index contributed by atoms with van der Waals surface area (Å²) in [4.78, 5) is 0. The first-order valence-corrected chi connectivity index (χ1v) is 4.07. The molecule has 0 unspecified atom stereocenters. The number of aliphatic hydroxyl groups is 4. The molecule has 0 aromatic rings. The predicted octanol–water partition coefficient (Wildman–Crippen LogP) is -6.30. The number of aliphatic hydroxyl groups excluding tert-OH is 4. The Labute approximate surface area is 82.6 Å². The molecular weight excluding hydrogens is 198 g/mol. The molecule has 1 fully saturated rings. The zero-order valence-corrected chi connectivity index (χ0v) is 7.93. The third-order valence-corrected chi connectivity index (χ3v) is 2.57. The number of halogens is 1. The Balaban J connectivity index is 0.00000144. The van der Waals surface area contributed by atoms with Crippen molar-refractivity contribution in [1.82, 2.24) is 0 Å². The summed E-state index contributed by atoms with van der Waals surface area (Å²) in [5.41, 5.74) is 3.54. The second kappa shape index (κ2) is 5.09. The molecule has 13 heavy (non-hydrogen) atoms. The molecule has 0 saturated heterocycles. The lowest BCUT2D eigenvalue weighted by Crippen LogP contribution is -3.00. The van der Waals surface area contributed by atoms with Gasteiger partial charge in [-0.15, -0.1) is 0 Å². The molecule has 5 atom stereocenters. The Morgan fingerprint density at radius 1 is 1.00 bits per heavy atom. The third kappa shape index (κ3) is 2.31. The molecule has 0 aliphatic heterocycles. The Bertz CT molecular complexity index is 145. The molecule has 0 bridgehead atoms. The predicted molar refractivity (Wildman–Crippen MR) is 39.9 cm³/mol. The van der Waals surface area contributed by atoms with Gasteiger partial charge in [0, 0.05) is 12.5 Å². The highest BCUT2D eigenvalue weighted by molar-refractivity contribution is 4.96. The van der Waals surface area contributed by atoms with Crippen LogP contribution in [-0.2, 0) is 0 Å². The normalized spacial score (nSPS) is 44.5. The van der Waals surface area contributed by atoms with Crippen LogP contribution in [0.4, 0.5) is 0 Å². The van der Waals surface area contributed by atoms with E-state index in [-0.39, 0.29) is 19.0 Å². The molecule has 0 heterocycles. The third-order valence-electron chi connectivity index (χ3n) is 2.57. The van der Waals surface area contributed by atoms with E-state index in [4.69, 9.17) is 5.11 Å². The average Bonchev–Trinajstić information content (AvgIpc) is 2.23. The molecule has 0 radical (unpaired) electrons. The van der Waals surface area contributed by atoms with Crippen LogP contribution in [0.2, 0.25) is 0 Å². The summed E-state index contributed by atoms with van der Waals surface area (Å²) >= 11 is 0. The van der Waals surface area contributed by atoms with Gasteiger partial charge >= 0.3 is 0 Å². The van der Waals surface area contributed by atoms with Crippen molar-refractivity contribution in [3.05, 3.63) is 0 Å². The van der Waals surface area contributed by atoms with Gasteiger partial charge in [-0.05, 0) is 6.42 Å². The maximum absolute atomic E-state index is 9.44. The minimum atomic E-state index is -0.975. The minimum absolute atomic E-state index is 0. The zero-order chi connectivity index (χ0) is 9.30. The Hall–Kier alpha value is 0.0900. The molecule has 1 aliphatic carbocycles. The fourth-order valence-corrected chi connectivity index (χ4v) is 1.72. The lowest BCUT2D eigenvalue weighted by Gasteiger charge is -2.15. The van der Waals surface area contributed by atoms with E-state index in [2.05, 4.69) is 5.73 Å². The topological polar surface area (TPSA) is 109 Å². The summed E-state index contributed by atoms with van der Waals surface area (Å²) in [5.74, 6) is -0.451. The van der Waals surface area contributed by atoms with Crippen LogP contribution in [0.3, 0.4) is 0 Å². The fraction of sp³-hybridized carbons (Fsp3) is 1.00. The van der Waals surface area contributed by atoms with Crippen LogP contribution >= 0.6 is 0 Å². The summed E-state index contributed by atoms with van der Waals surface area (Å²) in [7, 11) is 0. The van der Waals surface area contributed by atoms with E-state index in [0.29, 0.717) is 6.42 Å². The summed E-state index contributed by atoms with van der Waals surface area (Å²) in [6, 6.07) is -0.559. The van der Waals surface area contributed by atoms with Crippen LogP contribution in [0.25, 0.3) is 0 Å². The van der Waals surface area contributed by atoms with Crippen LogP contribution in [-0.4, -0.2) is 51.4 Å². The summed E-state index contributed by atoms with van der Waals surface area (Å²) in [6.45, 7) is -0.0990. The van der Waals surface area contributed by atoms with Crippen molar-refractivity contribution in [3.63, 3.8) is 0 Å². The quantitative estimate of drug-likeness (QED) is 0.315. The summed E-state index contributed by atoms with van der Waals surface area (Å²) in [5, 5.41) is 36.7. The molecule has 0 aromatic heterocycles. The van der Waals surface area contributed by atoms with Crippen LogP contribution < -0.4 is 18.1 Å². The van der Waals surface area contributed by atoms with Crippen LogP contribution in [0.15, 0.2) is 0 Å². The Kier molecular flexibility index (Phi) is 5.13. The van der Waals surface area contributed by atoms with Crippen LogP contribution in [0.1, 0.15) is 6.42 Å². The van der Waals surface area contributed by atoms with Crippen molar-refractivity contribution in [2.75, 3.05) is 6.61 Å². The molecule has 1 saturated carbocycles. The molecule has 0 spiro atoms. The SMILES string of the molecule is [Cl-].[NH3+][C@@H]1[C@@H](O)[C@H](O)[C@H](CCO)[C@H]1O. The number of hydrogen-bond donors (Lipinski definition) is 5. The van der Waals surface area contributed by atoms with Gasteiger partial charge in [-0.3, -0.25) is 0 Å². The van der Waals surface area contributed by atoms with Crippen LogP contribution in [0, 0.1) is 5.92 Å². The molecule has 1 rings (SSSR count). The minimum Gasteiger partial charge on any atom is -1.00 e. The number of hydrogen-bond acceptors (Lipinski definition) is 4. The van der Waals surface area contributed by atoms with E-state index in [1.807, 2.05) is 0 Å². The largest absolute Gasteiger partial charge is 1.00 e. The maximum atomic E-state index is 9.44. The standard InChI is InChI=1S/C7H15NO4.ClH/c8-4-5(10)3(1-2-9)6(11)7(4)12;/h3-7,9-12H,1-2,8H2;1H/t3-,4+,5-,6-,7-;/m1./s1. The average molecular weight is 214 g/mol. The van der Waals surface area contributed by atoms with Gasteiger partial charge in [0.2, 0.25) is 0 Å². The highest BCUT2D eigenvalue weighted by Crippen LogP contribution is 2.27. The smallest absolute Gasteiger partial charge is 0.140 e.